The van der Waals surface area contributed by atoms with Crippen LogP contribution in [0.25, 0.3) is 0 Å². The number of aliphatic hydroxyl groups is 1. The summed E-state index contributed by atoms with van der Waals surface area (Å²) < 4.78 is 10.2. The van der Waals surface area contributed by atoms with Crippen LogP contribution in [0.15, 0.2) is 79.4 Å². The molecule has 9 heteroatoms. The van der Waals surface area contributed by atoms with Crippen molar-refractivity contribution in [1.82, 2.24) is 4.57 Å². The Balaban J connectivity index is 1.50. The normalized spacial score (nSPS) is 13.1. The van der Waals surface area contributed by atoms with Crippen LogP contribution in [0.2, 0.25) is 25.1 Å². The molecule has 0 fully saturated rings. The van der Waals surface area contributed by atoms with E-state index in [0.717, 1.165) is 16.7 Å². The van der Waals surface area contributed by atoms with Gasteiger partial charge in [-0.05, 0) is 47.5 Å². The number of hydrogen-bond acceptors (Lipinski definition) is 2. The summed E-state index contributed by atoms with van der Waals surface area (Å²) in [6.45, 7) is 1.15. The van der Waals surface area contributed by atoms with Crippen molar-refractivity contribution in [2.45, 2.75) is 31.9 Å². The molecule has 4 rings (SSSR count). The van der Waals surface area contributed by atoms with E-state index < -0.39 is 6.10 Å². The van der Waals surface area contributed by atoms with Gasteiger partial charge in [-0.3, -0.25) is 0 Å². The standard InChI is InChI=1S/C26H22Cl5N2O2/c27-19-4-1-17(2-5-19)25(34)13-32-9-10-33(16-32)14-26(22-8-7-21(29)12-24(22)31)35-15-18-3-6-20(28)11-23(18)30/h1-12,16,25-26,34H,13-15H2/q+1. The highest BCUT2D eigenvalue weighted by atomic mass is 35.5. The first-order chi connectivity index (χ1) is 16.8. The molecule has 4 aromatic rings. The van der Waals surface area contributed by atoms with E-state index in [9.17, 15) is 5.11 Å². The van der Waals surface area contributed by atoms with Gasteiger partial charge in [0, 0.05) is 30.7 Å². The SMILES string of the molecule is OC(C[n+]1ccn(CC(OCc2ccc(Cl)cc2Cl)c2ccc(Cl)cc2Cl)c1)c1ccc(Cl)cc1. The fourth-order valence-corrected chi connectivity index (χ4v) is 4.79. The molecule has 0 aliphatic carbocycles. The second-order valence-corrected chi connectivity index (χ2v) is 10.2. The topological polar surface area (TPSA) is 38.3 Å². The minimum absolute atomic E-state index is 0.274. The largest absolute Gasteiger partial charge is 0.384 e. The van der Waals surface area contributed by atoms with E-state index in [1.165, 1.54) is 0 Å². The summed E-state index contributed by atoms with van der Waals surface area (Å²) >= 11 is 30.9. The highest BCUT2D eigenvalue weighted by Gasteiger charge is 2.21. The molecule has 2 unspecified atom stereocenters. The molecule has 4 nitrogen and oxygen atoms in total. The molecule has 0 amide bonds. The van der Waals surface area contributed by atoms with Gasteiger partial charge in [0.05, 0.1) is 6.61 Å². The van der Waals surface area contributed by atoms with Crippen LogP contribution in [0.1, 0.15) is 28.9 Å². The number of hydrogen-bond donors (Lipinski definition) is 1. The number of imidazole rings is 1. The smallest absolute Gasteiger partial charge is 0.243 e. The van der Waals surface area contributed by atoms with E-state index in [1.54, 1.807) is 36.4 Å². The number of aromatic nitrogens is 2. The Morgan fingerprint density at radius 2 is 1.49 bits per heavy atom. The van der Waals surface area contributed by atoms with Gasteiger partial charge in [-0.25, -0.2) is 9.13 Å². The molecular weight excluding hydrogens is 550 g/mol. The minimum Gasteiger partial charge on any atom is -0.384 e. The maximum Gasteiger partial charge on any atom is 0.243 e. The summed E-state index contributed by atoms with van der Waals surface area (Å²) in [6.07, 6.45) is 4.68. The fourth-order valence-electron chi connectivity index (χ4n) is 3.67. The number of rotatable bonds is 9. The van der Waals surface area contributed by atoms with E-state index in [0.29, 0.717) is 38.2 Å². The maximum absolute atomic E-state index is 10.6. The average molecular weight is 572 g/mol. The van der Waals surface area contributed by atoms with Crippen LogP contribution < -0.4 is 4.57 Å². The first-order valence-electron chi connectivity index (χ1n) is 10.8. The quantitative estimate of drug-likeness (QED) is 0.209. The van der Waals surface area contributed by atoms with Crippen LogP contribution >= 0.6 is 58.0 Å². The van der Waals surface area contributed by atoms with Crippen LogP contribution in [0, 0.1) is 0 Å². The molecule has 3 aromatic carbocycles. The van der Waals surface area contributed by atoms with Gasteiger partial charge in [0.2, 0.25) is 6.33 Å². The second kappa shape index (κ2) is 12.0. The number of benzene rings is 3. The van der Waals surface area contributed by atoms with E-state index in [-0.39, 0.29) is 12.7 Å². The minimum atomic E-state index is -0.669. The lowest BCUT2D eigenvalue weighted by atomic mass is 10.1. The third kappa shape index (κ3) is 7.14. The Morgan fingerprint density at radius 3 is 2.17 bits per heavy atom. The van der Waals surface area contributed by atoms with Crippen molar-refractivity contribution in [2.75, 3.05) is 0 Å². The average Bonchev–Trinajstić information content (AvgIpc) is 3.25. The first kappa shape index (κ1) is 26.3. The van der Waals surface area contributed by atoms with Gasteiger partial charge in [0.25, 0.3) is 0 Å². The zero-order chi connectivity index (χ0) is 24.9. The second-order valence-electron chi connectivity index (χ2n) is 8.08. The fraction of sp³-hybridized carbons (Fsp3) is 0.192. The first-order valence-corrected chi connectivity index (χ1v) is 12.7. The Hall–Kier alpha value is -1.76. The molecule has 1 heterocycles. The van der Waals surface area contributed by atoms with Crippen LogP contribution in [0.3, 0.4) is 0 Å². The third-order valence-electron chi connectivity index (χ3n) is 5.53. The van der Waals surface area contributed by atoms with Gasteiger partial charge in [-0.2, -0.15) is 0 Å². The zero-order valence-electron chi connectivity index (χ0n) is 18.4. The van der Waals surface area contributed by atoms with Crippen LogP contribution in [-0.2, 0) is 24.4 Å². The van der Waals surface area contributed by atoms with Crippen LogP contribution in [-0.4, -0.2) is 9.67 Å². The summed E-state index contributed by atoms with van der Waals surface area (Å²) in [5.41, 5.74) is 2.42. The number of aliphatic hydroxyl groups excluding tert-OH is 1. The highest BCUT2D eigenvalue weighted by Crippen LogP contribution is 2.31. The van der Waals surface area contributed by atoms with E-state index in [2.05, 4.69) is 0 Å². The van der Waals surface area contributed by atoms with Crippen molar-refractivity contribution < 1.29 is 14.4 Å². The van der Waals surface area contributed by atoms with Crippen molar-refractivity contribution in [2.24, 2.45) is 0 Å². The molecule has 182 valence electrons. The molecular formula is C26H22Cl5N2O2+. The molecule has 0 aliphatic heterocycles. The number of halogens is 5. The molecule has 1 N–H and O–H groups in total. The molecule has 0 saturated carbocycles. The Kier molecular flexibility index (Phi) is 9.01. The van der Waals surface area contributed by atoms with Crippen molar-refractivity contribution in [3.63, 3.8) is 0 Å². The highest BCUT2D eigenvalue weighted by molar-refractivity contribution is 6.35. The Bertz CT molecular complexity index is 1290. The lowest BCUT2D eigenvalue weighted by Gasteiger charge is -2.19. The molecule has 1 aromatic heterocycles. The molecule has 2 atom stereocenters. The lowest BCUT2D eigenvalue weighted by Crippen LogP contribution is -2.34. The maximum atomic E-state index is 10.6. The van der Waals surface area contributed by atoms with Gasteiger partial charge in [-0.15, -0.1) is 0 Å². The Morgan fingerprint density at radius 1 is 0.829 bits per heavy atom. The van der Waals surface area contributed by atoms with E-state index in [1.807, 2.05) is 52.1 Å². The summed E-state index contributed by atoms with van der Waals surface area (Å²) in [5.74, 6) is 0. The van der Waals surface area contributed by atoms with E-state index in [4.69, 9.17) is 62.7 Å². The predicted octanol–water partition coefficient (Wildman–Crippen LogP) is 7.73. The van der Waals surface area contributed by atoms with Gasteiger partial charge < -0.3 is 9.84 Å². The van der Waals surface area contributed by atoms with Gasteiger partial charge in [-0.1, -0.05) is 82.3 Å². The predicted molar refractivity (Wildman–Crippen MR) is 141 cm³/mol. The van der Waals surface area contributed by atoms with Crippen LogP contribution in [0.4, 0.5) is 0 Å². The summed E-state index contributed by atoms with van der Waals surface area (Å²) in [4.78, 5) is 0. The van der Waals surface area contributed by atoms with Gasteiger partial charge >= 0.3 is 0 Å². The molecule has 0 spiro atoms. The van der Waals surface area contributed by atoms with E-state index >= 15 is 0 Å². The lowest BCUT2D eigenvalue weighted by molar-refractivity contribution is -0.704. The summed E-state index contributed by atoms with van der Waals surface area (Å²) in [5, 5.41) is 13.4. The monoisotopic (exact) mass is 569 g/mol. The zero-order valence-corrected chi connectivity index (χ0v) is 22.2. The van der Waals surface area contributed by atoms with Crippen molar-refractivity contribution in [3.8, 4) is 0 Å². The van der Waals surface area contributed by atoms with Crippen LogP contribution in [0.5, 0.6) is 0 Å². The number of nitrogens with zero attached hydrogens (tertiary/aromatic N) is 2. The Labute approximate surface area is 229 Å². The molecule has 0 bridgehead atoms. The number of ether oxygens (including phenoxy) is 1. The van der Waals surface area contributed by atoms with Crippen molar-refractivity contribution in [3.05, 3.63) is 121 Å². The van der Waals surface area contributed by atoms with Gasteiger partial charge in [0.1, 0.15) is 37.7 Å². The van der Waals surface area contributed by atoms with Crippen molar-refractivity contribution in [1.29, 1.82) is 0 Å². The summed E-state index contributed by atoms with van der Waals surface area (Å²) in [6, 6.07) is 17.8. The van der Waals surface area contributed by atoms with Gasteiger partial charge in [0.15, 0.2) is 0 Å². The van der Waals surface area contributed by atoms with Crippen molar-refractivity contribution >= 4 is 58.0 Å². The molecule has 0 aliphatic rings. The molecule has 0 radical (unpaired) electrons. The molecule has 35 heavy (non-hydrogen) atoms. The third-order valence-corrected chi connectivity index (χ3v) is 6.93. The summed E-state index contributed by atoms with van der Waals surface area (Å²) in [7, 11) is 0. The molecule has 0 saturated heterocycles.